The third-order valence-electron chi connectivity index (χ3n) is 3.29. The topological polar surface area (TPSA) is 101 Å². The zero-order chi connectivity index (χ0) is 18.4. The number of hydrogen-bond acceptors (Lipinski definition) is 5. The lowest BCUT2D eigenvalue weighted by Crippen LogP contribution is -2.41. The van der Waals surface area contributed by atoms with Crippen LogP contribution in [0.15, 0.2) is 48.8 Å². The first kappa shape index (κ1) is 18.4. The fourth-order valence-electron chi connectivity index (χ4n) is 2.20. The highest BCUT2D eigenvalue weighted by Crippen LogP contribution is 2.22. The van der Waals surface area contributed by atoms with Gasteiger partial charge in [-0.2, -0.15) is 0 Å². The van der Waals surface area contributed by atoms with Crippen molar-refractivity contribution in [3.05, 3.63) is 54.4 Å². The van der Waals surface area contributed by atoms with Gasteiger partial charge >= 0.3 is 6.09 Å². The first-order valence-corrected chi connectivity index (χ1v) is 7.74. The predicted molar refractivity (Wildman–Crippen MR) is 91.7 cm³/mol. The Labute approximate surface area is 146 Å². The molecule has 2 aromatic rings. The predicted octanol–water partition coefficient (Wildman–Crippen LogP) is 2.82. The summed E-state index contributed by atoms with van der Waals surface area (Å²) in [6.45, 7) is 5.16. The summed E-state index contributed by atoms with van der Waals surface area (Å²) < 4.78 is 5.16. The average molecular weight is 343 g/mol. The van der Waals surface area contributed by atoms with Crippen LogP contribution in [-0.2, 0) is 9.53 Å². The number of aromatic nitrogens is 1. The second kappa shape index (κ2) is 7.76. The summed E-state index contributed by atoms with van der Waals surface area (Å²) in [6.07, 6.45) is 2.63. The van der Waals surface area contributed by atoms with Gasteiger partial charge in [0.25, 0.3) is 5.91 Å². The van der Waals surface area contributed by atoms with Crippen molar-refractivity contribution in [3.63, 3.8) is 0 Å². The summed E-state index contributed by atoms with van der Waals surface area (Å²) in [7, 11) is 0. The van der Waals surface area contributed by atoms with E-state index in [4.69, 9.17) is 9.94 Å². The fourth-order valence-corrected chi connectivity index (χ4v) is 2.20. The number of alkyl carbamates (subject to hydrolysis) is 1. The van der Waals surface area contributed by atoms with E-state index in [2.05, 4.69) is 10.3 Å². The molecule has 3 N–H and O–H groups in total. The minimum atomic E-state index is -1.08. The van der Waals surface area contributed by atoms with E-state index >= 15 is 0 Å². The van der Waals surface area contributed by atoms with E-state index in [1.807, 2.05) is 24.3 Å². The third-order valence-corrected chi connectivity index (χ3v) is 3.29. The van der Waals surface area contributed by atoms with E-state index in [1.54, 1.807) is 50.8 Å². The second-order valence-electron chi connectivity index (χ2n) is 6.41. The zero-order valence-electron chi connectivity index (χ0n) is 14.3. The molecule has 0 fully saturated rings. The van der Waals surface area contributed by atoms with E-state index in [-0.39, 0.29) is 0 Å². The van der Waals surface area contributed by atoms with Gasteiger partial charge in [0.15, 0.2) is 0 Å². The van der Waals surface area contributed by atoms with Gasteiger partial charge in [-0.1, -0.05) is 24.3 Å². The summed E-state index contributed by atoms with van der Waals surface area (Å²) in [5, 5.41) is 11.4. The van der Waals surface area contributed by atoms with Crippen molar-refractivity contribution in [1.29, 1.82) is 0 Å². The fraction of sp³-hybridized carbons (Fsp3) is 0.278. The van der Waals surface area contributed by atoms with Crippen LogP contribution >= 0.6 is 0 Å². The van der Waals surface area contributed by atoms with Crippen molar-refractivity contribution in [2.24, 2.45) is 0 Å². The Bertz CT molecular complexity index is 724. The van der Waals surface area contributed by atoms with Crippen LogP contribution in [0.1, 0.15) is 32.4 Å². The minimum Gasteiger partial charge on any atom is -0.444 e. The zero-order valence-corrected chi connectivity index (χ0v) is 14.3. The first-order valence-electron chi connectivity index (χ1n) is 7.74. The summed E-state index contributed by atoms with van der Waals surface area (Å²) in [4.78, 5) is 27.8. The molecule has 1 aromatic carbocycles. The molecule has 132 valence electrons. The van der Waals surface area contributed by atoms with Gasteiger partial charge in [-0.25, -0.2) is 10.3 Å². The molecule has 0 aliphatic carbocycles. The highest BCUT2D eigenvalue weighted by molar-refractivity contribution is 5.86. The molecular weight excluding hydrogens is 322 g/mol. The Morgan fingerprint density at radius 1 is 1.04 bits per heavy atom. The van der Waals surface area contributed by atoms with Gasteiger partial charge in [-0.3, -0.25) is 15.0 Å². The van der Waals surface area contributed by atoms with Crippen LogP contribution < -0.4 is 10.8 Å². The van der Waals surface area contributed by atoms with Gasteiger partial charge in [-0.05, 0) is 49.6 Å². The molecule has 1 atom stereocenters. The van der Waals surface area contributed by atoms with E-state index in [0.29, 0.717) is 5.56 Å². The average Bonchev–Trinajstić information content (AvgIpc) is 2.58. The van der Waals surface area contributed by atoms with Gasteiger partial charge in [-0.15, -0.1) is 0 Å². The number of nitrogens with zero attached hydrogens (tertiary/aromatic N) is 1. The summed E-state index contributed by atoms with van der Waals surface area (Å²) in [6, 6.07) is 9.70. The number of ether oxygens (including phenoxy) is 1. The maximum absolute atomic E-state index is 11.9. The molecular formula is C18H21N3O4. The van der Waals surface area contributed by atoms with Crippen molar-refractivity contribution < 1.29 is 19.5 Å². The maximum Gasteiger partial charge on any atom is 0.408 e. The summed E-state index contributed by atoms with van der Waals surface area (Å²) in [5.74, 6) is -0.762. The van der Waals surface area contributed by atoms with Gasteiger partial charge < -0.3 is 10.1 Å². The third kappa shape index (κ3) is 5.29. The lowest BCUT2D eigenvalue weighted by atomic mass is 10.0. The normalized spacial score (nSPS) is 12.2. The van der Waals surface area contributed by atoms with Crippen LogP contribution in [0.5, 0.6) is 0 Å². The van der Waals surface area contributed by atoms with E-state index < -0.39 is 23.6 Å². The lowest BCUT2D eigenvalue weighted by molar-refractivity contribution is -0.131. The Kier molecular flexibility index (Phi) is 5.71. The molecule has 1 heterocycles. The molecule has 0 aliphatic rings. The van der Waals surface area contributed by atoms with Crippen LogP contribution in [0, 0.1) is 0 Å². The van der Waals surface area contributed by atoms with Gasteiger partial charge in [0, 0.05) is 12.4 Å². The number of carbonyl (C=O) groups excluding carboxylic acids is 2. The number of carbonyl (C=O) groups is 2. The van der Waals surface area contributed by atoms with Crippen molar-refractivity contribution in [1.82, 2.24) is 15.8 Å². The molecule has 0 radical (unpaired) electrons. The number of amides is 2. The van der Waals surface area contributed by atoms with Crippen molar-refractivity contribution in [2.45, 2.75) is 32.4 Å². The van der Waals surface area contributed by atoms with Gasteiger partial charge in [0.05, 0.1) is 0 Å². The summed E-state index contributed by atoms with van der Waals surface area (Å²) in [5.41, 5.74) is 3.28. The lowest BCUT2D eigenvalue weighted by Gasteiger charge is -2.23. The highest BCUT2D eigenvalue weighted by atomic mass is 16.6. The molecule has 2 rings (SSSR count). The first-order chi connectivity index (χ1) is 11.8. The van der Waals surface area contributed by atoms with Crippen LogP contribution in [0.3, 0.4) is 0 Å². The van der Waals surface area contributed by atoms with Crippen molar-refractivity contribution >= 4 is 12.0 Å². The number of hydrogen-bond donors (Lipinski definition) is 3. The molecule has 0 saturated heterocycles. The standard InChI is InChI=1S/C18H21N3O4/c1-18(2,3)25-17(23)20-15(16(22)21-24)14-6-4-12(5-7-14)13-8-10-19-11-9-13/h4-11,15,24H,1-3H3,(H,20,23)(H,21,22). The van der Waals surface area contributed by atoms with E-state index in [1.165, 1.54) is 0 Å². The van der Waals surface area contributed by atoms with Crippen molar-refractivity contribution in [3.8, 4) is 11.1 Å². The quantitative estimate of drug-likeness (QED) is 0.585. The number of rotatable bonds is 4. The molecule has 0 aliphatic heterocycles. The van der Waals surface area contributed by atoms with Gasteiger partial charge in [0.1, 0.15) is 11.6 Å². The second-order valence-corrected chi connectivity index (χ2v) is 6.41. The maximum atomic E-state index is 11.9. The minimum absolute atomic E-state index is 0.509. The van der Waals surface area contributed by atoms with Crippen LogP contribution in [0.4, 0.5) is 4.79 Å². The number of hydroxylamine groups is 1. The number of nitrogens with one attached hydrogen (secondary N) is 2. The number of benzene rings is 1. The molecule has 0 spiro atoms. The molecule has 1 aromatic heterocycles. The Balaban J connectivity index is 2.20. The SMILES string of the molecule is CC(C)(C)OC(=O)NC(C(=O)NO)c1ccc(-c2ccncc2)cc1. The van der Waals surface area contributed by atoms with E-state index in [9.17, 15) is 9.59 Å². The van der Waals surface area contributed by atoms with Crippen LogP contribution in [-0.4, -0.2) is 27.8 Å². The van der Waals surface area contributed by atoms with Crippen LogP contribution in [0.25, 0.3) is 11.1 Å². The Hall–Kier alpha value is -2.93. The molecule has 2 amide bonds. The Morgan fingerprint density at radius 2 is 1.60 bits per heavy atom. The highest BCUT2D eigenvalue weighted by Gasteiger charge is 2.25. The Morgan fingerprint density at radius 3 is 2.12 bits per heavy atom. The molecule has 0 bridgehead atoms. The molecule has 0 saturated carbocycles. The molecule has 25 heavy (non-hydrogen) atoms. The number of pyridine rings is 1. The van der Waals surface area contributed by atoms with Gasteiger partial charge in [0.2, 0.25) is 0 Å². The molecule has 7 heteroatoms. The summed E-state index contributed by atoms with van der Waals surface area (Å²) >= 11 is 0. The largest absolute Gasteiger partial charge is 0.444 e. The van der Waals surface area contributed by atoms with E-state index in [0.717, 1.165) is 11.1 Å². The van der Waals surface area contributed by atoms with Crippen molar-refractivity contribution in [2.75, 3.05) is 0 Å². The monoisotopic (exact) mass is 343 g/mol. The molecule has 1 unspecified atom stereocenters. The smallest absolute Gasteiger partial charge is 0.408 e. The van der Waals surface area contributed by atoms with Crippen LogP contribution in [0.2, 0.25) is 0 Å². The molecule has 7 nitrogen and oxygen atoms in total.